The zero-order chi connectivity index (χ0) is 12.8. The summed E-state index contributed by atoms with van der Waals surface area (Å²) in [5, 5.41) is 2.93. The molecule has 19 heavy (non-hydrogen) atoms. The summed E-state index contributed by atoms with van der Waals surface area (Å²) in [6.07, 6.45) is 6.59. The minimum Gasteiger partial charge on any atom is -1.00 e. The molecule has 4 nitrogen and oxygen atoms in total. The highest BCUT2D eigenvalue weighted by molar-refractivity contribution is 5.94. The van der Waals surface area contributed by atoms with Crippen LogP contribution in [0.3, 0.4) is 0 Å². The normalized spacial score (nSPS) is 16.2. The minimum atomic E-state index is -0.000619. The van der Waals surface area contributed by atoms with Crippen molar-refractivity contribution in [3.05, 3.63) is 47.8 Å². The number of benzene rings is 1. The molecule has 1 heterocycles. The molecule has 102 valence electrons. The fourth-order valence-electron chi connectivity index (χ4n) is 1.85. The van der Waals surface area contributed by atoms with E-state index in [1.54, 1.807) is 6.20 Å². The number of nitrogens with one attached hydrogen (secondary N) is 2. The highest BCUT2D eigenvalue weighted by Gasteiger charge is 2.07. The summed E-state index contributed by atoms with van der Waals surface area (Å²) < 4.78 is 0. The Labute approximate surface area is 119 Å². The van der Waals surface area contributed by atoms with Gasteiger partial charge >= 0.3 is 0 Å². The van der Waals surface area contributed by atoms with E-state index in [2.05, 4.69) is 10.3 Å². The number of amides is 1. The first-order valence-corrected chi connectivity index (χ1v) is 6.16. The quantitative estimate of drug-likeness (QED) is 0.576. The van der Waals surface area contributed by atoms with Gasteiger partial charge in [0.05, 0.1) is 12.7 Å². The van der Waals surface area contributed by atoms with E-state index < -0.39 is 0 Å². The van der Waals surface area contributed by atoms with E-state index in [1.165, 1.54) is 4.90 Å². The van der Waals surface area contributed by atoms with Gasteiger partial charge in [0.25, 0.3) is 5.91 Å². The molecule has 2 rings (SSSR count). The Bertz CT molecular complexity index is 473. The number of aryl methyl sites for hydroxylation is 1. The standard InChI is InChI=1S/C14H17N3O.ClH/c1-12-4-2-5-13(10-12)14(18)16-6-3-8-17-9-7-15-11-17;/h2,4-5,7,9-11H,3,6,8H2,1H3,(H,16,18);1H. The van der Waals surface area contributed by atoms with Crippen LogP contribution in [-0.2, 0) is 0 Å². The van der Waals surface area contributed by atoms with Gasteiger partial charge in [-0.05, 0) is 19.1 Å². The van der Waals surface area contributed by atoms with E-state index in [0.717, 1.165) is 24.1 Å². The van der Waals surface area contributed by atoms with E-state index in [1.807, 2.05) is 43.7 Å². The summed E-state index contributed by atoms with van der Waals surface area (Å²) in [6, 6.07) is 7.62. The second-order valence-electron chi connectivity index (χ2n) is 4.40. The Morgan fingerprint density at radius 1 is 1.42 bits per heavy atom. The minimum absolute atomic E-state index is 0. The molecule has 0 bridgehead atoms. The highest BCUT2D eigenvalue weighted by atomic mass is 35.5. The first-order chi connectivity index (χ1) is 8.75. The third-order valence-electron chi connectivity index (χ3n) is 2.82. The van der Waals surface area contributed by atoms with Gasteiger partial charge in [-0.15, -0.1) is 0 Å². The van der Waals surface area contributed by atoms with Crippen molar-refractivity contribution >= 4 is 12.2 Å². The Balaban J connectivity index is 0.00000180. The first kappa shape index (κ1) is 15.4. The second-order valence-corrected chi connectivity index (χ2v) is 4.40. The number of carbonyl (C=O) groups is 1. The van der Waals surface area contributed by atoms with Gasteiger partial charge in [-0.1, -0.05) is 17.7 Å². The molecule has 1 aromatic carbocycles. The van der Waals surface area contributed by atoms with Crippen molar-refractivity contribution in [2.24, 2.45) is 4.99 Å². The molecule has 0 aliphatic carbocycles. The SMILES string of the molecule is Cc1cccc(C(=O)NCCC[NH+]2C=CN=C2)c1.[Cl-]. The molecule has 1 aromatic rings. The smallest absolute Gasteiger partial charge is 0.251 e. The van der Waals surface area contributed by atoms with E-state index in [4.69, 9.17) is 0 Å². The van der Waals surface area contributed by atoms with Crippen molar-refractivity contribution in [1.29, 1.82) is 0 Å². The lowest BCUT2D eigenvalue weighted by molar-refractivity contribution is -0.736. The number of hydrogen-bond donors (Lipinski definition) is 2. The fraction of sp³-hybridized carbons (Fsp3) is 0.286. The van der Waals surface area contributed by atoms with Crippen molar-refractivity contribution < 1.29 is 22.1 Å². The molecule has 1 amide bonds. The molecule has 0 radical (unpaired) electrons. The van der Waals surface area contributed by atoms with Crippen LogP contribution in [0.5, 0.6) is 0 Å². The van der Waals surface area contributed by atoms with Crippen LogP contribution in [0.4, 0.5) is 0 Å². The number of halogens is 1. The Morgan fingerprint density at radius 2 is 2.26 bits per heavy atom. The molecule has 0 fully saturated rings. The number of hydrogen-bond acceptors (Lipinski definition) is 2. The Kier molecular flexibility index (Phi) is 6.25. The van der Waals surface area contributed by atoms with Crippen molar-refractivity contribution in [2.75, 3.05) is 13.1 Å². The second kappa shape index (κ2) is 7.71. The molecule has 0 spiro atoms. The lowest BCUT2D eigenvalue weighted by atomic mass is 10.1. The van der Waals surface area contributed by atoms with Crippen LogP contribution in [0.15, 0.2) is 41.7 Å². The topological polar surface area (TPSA) is 45.9 Å². The molecule has 0 aromatic heterocycles. The lowest BCUT2D eigenvalue weighted by Crippen LogP contribution is -3.05. The molecule has 1 atom stereocenters. The monoisotopic (exact) mass is 279 g/mol. The van der Waals surface area contributed by atoms with Gasteiger partial charge in [0, 0.05) is 18.5 Å². The number of carbonyl (C=O) groups excluding carboxylic acids is 1. The molecule has 5 heteroatoms. The van der Waals surface area contributed by atoms with Crippen LogP contribution >= 0.6 is 0 Å². The maximum absolute atomic E-state index is 11.8. The largest absolute Gasteiger partial charge is 1.00 e. The predicted octanol–water partition coefficient (Wildman–Crippen LogP) is -2.48. The van der Waals surface area contributed by atoms with Gasteiger partial charge in [-0.25, -0.2) is 4.99 Å². The van der Waals surface area contributed by atoms with Crippen molar-refractivity contribution in [2.45, 2.75) is 13.3 Å². The molecule has 0 saturated heterocycles. The van der Waals surface area contributed by atoms with Crippen LogP contribution in [0.25, 0.3) is 0 Å². The maximum Gasteiger partial charge on any atom is 0.251 e. The zero-order valence-electron chi connectivity index (χ0n) is 10.9. The van der Waals surface area contributed by atoms with E-state index in [9.17, 15) is 4.79 Å². The summed E-state index contributed by atoms with van der Waals surface area (Å²) >= 11 is 0. The predicted molar refractivity (Wildman–Crippen MR) is 71.6 cm³/mol. The first-order valence-electron chi connectivity index (χ1n) is 6.16. The summed E-state index contributed by atoms with van der Waals surface area (Å²) in [5.41, 5.74) is 1.83. The van der Waals surface area contributed by atoms with Crippen LogP contribution < -0.4 is 22.6 Å². The molecule has 1 unspecified atom stereocenters. The summed E-state index contributed by atoms with van der Waals surface area (Å²) in [4.78, 5) is 17.1. The van der Waals surface area contributed by atoms with Gasteiger partial charge in [0.2, 0.25) is 0 Å². The molecule has 0 saturated carbocycles. The number of rotatable bonds is 5. The summed E-state index contributed by atoms with van der Waals surface area (Å²) in [7, 11) is 0. The molecule has 2 N–H and O–H groups in total. The van der Waals surface area contributed by atoms with Crippen LogP contribution in [-0.4, -0.2) is 25.3 Å². The number of nitrogens with zero attached hydrogens (tertiary/aromatic N) is 1. The van der Waals surface area contributed by atoms with Crippen LogP contribution in [0, 0.1) is 6.92 Å². The van der Waals surface area contributed by atoms with E-state index in [0.29, 0.717) is 6.54 Å². The van der Waals surface area contributed by atoms with Crippen molar-refractivity contribution in [3.63, 3.8) is 0 Å². The maximum atomic E-state index is 11.8. The molecular formula is C14H18ClN3O. The van der Waals surface area contributed by atoms with E-state index in [-0.39, 0.29) is 18.3 Å². The van der Waals surface area contributed by atoms with Gasteiger partial charge < -0.3 is 17.7 Å². The summed E-state index contributed by atoms with van der Waals surface area (Å²) in [5.74, 6) is -0.000619. The van der Waals surface area contributed by atoms with Gasteiger partial charge in [0.15, 0.2) is 6.34 Å². The Morgan fingerprint density at radius 3 is 2.95 bits per heavy atom. The zero-order valence-corrected chi connectivity index (χ0v) is 11.7. The van der Waals surface area contributed by atoms with Crippen molar-refractivity contribution in [3.8, 4) is 0 Å². The van der Waals surface area contributed by atoms with Gasteiger partial charge in [-0.3, -0.25) is 9.69 Å². The average Bonchev–Trinajstić information content (AvgIpc) is 2.87. The fourth-order valence-corrected chi connectivity index (χ4v) is 1.85. The lowest BCUT2D eigenvalue weighted by Gasteiger charge is -2.07. The average molecular weight is 280 g/mol. The van der Waals surface area contributed by atoms with Gasteiger partial charge in [0.1, 0.15) is 6.20 Å². The molecule has 1 aliphatic heterocycles. The molecule has 1 aliphatic rings. The third-order valence-corrected chi connectivity index (χ3v) is 2.82. The Hall–Kier alpha value is -1.65. The van der Waals surface area contributed by atoms with Crippen LogP contribution in [0.2, 0.25) is 0 Å². The highest BCUT2D eigenvalue weighted by Crippen LogP contribution is 2.03. The van der Waals surface area contributed by atoms with Gasteiger partial charge in [-0.2, -0.15) is 0 Å². The molecular weight excluding hydrogens is 262 g/mol. The summed E-state index contributed by atoms with van der Waals surface area (Å²) in [6.45, 7) is 3.63. The third kappa shape index (κ3) is 4.85. The number of quaternary nitrogens is 1. The van der Waals surface area contributed by atoms with E-state index >= 15 is 0 Å². The van der Waals surface area contributed by atoms with Crippen LogP contribution in [0.1, 0.15) is 22.3 Å². The van der Waals surface area contributed by atoms with Crippen molar-refractivity contribution in [1.82, 2.24) is 5.32 Å². The number of aliphatic imine (C=N–C) groups is 1.